The largest absolute Gasteiger partial charge is 0.481 e. The first kappa shape index (κ1) is 21.0. The second-order valence-electron chi connectivity index (χ2n) is 6.32. The van der Waals surface area contributed by atoms with Crippen LogP contribution >= 0.6 is 0 Å². The Hall–Kier alpha value is -2.08. The molecule has 0 unspecified atom stereocenters. The first-order valence-corrected chi connectivity index (χ1v) is 8.53. The van der Waals surface area contributed by atoms with Gasteiger partial charge in [-0.25, -0.2) is 4.79 Å². The van der Waals surface area contributed by atoms with Gasteiger partial charge >= 0.3 is 11.9 Å². The lowest BCUT2D eigenvalue weighted by Gasteiger charge is -2.27. The Morgan fingerprint density at radius 1 is 1.16 bits per heavy atom. The van der Waals surface area contributed by atoms with Crippen LogP contribution in [-0.4, -0.2) is 37.3 Å². The van der Waals surface area contributed by atoms with Crippen molar-refractivity contribution in [3.05, 3.63) is 28.8 Å². The average molecular weight is 351 g/mol. The summed E-state index contributed by atoms with van der Waals surface area (Å²) in [7, 11) is 1.32. The molecule has 0 saturated heterocycles. The van der Waals surface area contributed by atoms with Gasteiger partial charge in [0.25, 0.3) is 0 Å². The van der Waals surface area contributed by atoms with Crippen molar-refractivity contribution >= 4 is 11.9 Å². The summed E-state index contributed by atoms with van der Waals surface area (Å²) in [5.74, 6) is -0.506. The summed E-state index contributed by atoms with van der Waals surface area (Å²) in [5.41, 5.74) is 2.17. The van der Waals surface area contributed by atoms with Gasteiger partial charge < -0.3 is 19.9 Å². The van der Waals surface area contributed by atoms with Crippen molar-refractivity contribution in [2.75, 3.05) is 20.3 Å². The van der Waals surface area contributed by atoms with Gasteiger partial charge in [-0.05, 0) is 43.4 Å². The third-order valence-corrected chi connectivity index (χ3v) is 4.68. The van der Waals surface area contributed by atoms with E-state index < -0.39 is 17.4 Å². The van der Waals surface area contributed by atoms with Gasteiger partial charge in [-0.2, -0.15) is 0 Å². The number of carbonyl (C=O) groups excluding carboxylic acids is 1. The van der Waals surface area contributed by atoms with E-state index in [9.17, 15) is 14.7 Å². The first-order chi connectivity index (χ1) is 11.8. The Bertz CT molecular complexity index is 585. The van der Waals surface area contributed by atoms with Crippen LogP contribution in [0.4, 0.5) is 0 Å². The van der Waals surface area contributed by atoms with E-state index in [0.717, 1.165) is 16.7 Å². The van der Waals surface area contributed by atoms with Crippen LogP contribution < -0.4 is 10.1 Å². The molecular weight excluding hydrogens is 322 g/mol. The second kappa shape index (κ2) is 9.42. The van der Waals surface area contributed by atoms with Crippen molar-refractivity contribution in [2.45, 2.75) is 47.1 Å². The third kappa shape index (κ3) is 5.46. The summed E-state index contributed by atoms with van der Waals surface area (Å²) in [5, 5.41) is 12.7. The smallest absolute Gasteiger partial charge is 0.343 e. The minimum atomic E-state index is -0.760. The van der Waals surface area contributed by atoms with E-state index >= 15 is 0 Å². The molecule has 2 N–H and O–H groups in total. The number of esters is 1. The predicted octanol–water partition coefficient (Wildman–Crippen LogP) is 2.84. The topological polar surface area (TPSA) is 84.9 Å². The third-order valence-electron chi connectivity index (χ3n) is 4.68. The van der Waals surface area contributed by atoms with Crippen LogP contribution in [0.15, 0.2) is 12.1 Å². The van der Waals surface area contributed by atoms with Gasteiger partial charge in [-0.15, -0.1) is 0 Å². The standard InChI is InChI=1S/C19H29NO5/c1-6-19(7-2,18(22)23)12-20-10-15-8-13(3)17(14(4)9-15)25-11-16(21)24-5/h8-9,20H,6-7,10-12H2,1-5H3,(H,22,23). The number of hydrogen-bond acceptors (Lipinski definition) is 5. The Labute approximate surface area is 149 Å². The fourth-order valence-electron chi connectivity index (χ4n) is 2.88. The quantitative estimate of drug-likeness (QED) is 0.631. The molecule has 0 heterocycles. The molecule has 0 aromatic heterocycles. The maximum atomic E-state index is 11.5. The molecule has 0 fully saturated rings. The lowest BCUT2D eigenvalue weighted by Crippen LogP contribution is -2.40. The zero-order valence-corrected chi connectivity index (χ0v) is 15.8. The molecule has 0 atom stereocenters. The van der Waals surface area contributed by atoms with Crippen molar-refractivity contribution < 1.29 is 24.2 Å². The SMILES string of the molecule is CCC(CC)(CNCc1cc(C)c(OCC(=O)OC)c(C)c1)C(=O)O. The van der Waals surface area contributed by atoms with E-state index in [4.69, 9.17) is 4.74 Å². The van der Waals surface area contributed by atoms with Crippen LogP contribution in [0.1, 0.15) is 43.4 Å². The predicted molar refractivity (Wildman–Crippen MR) is 95.8 cm³/mol. The molecule has 0 bridgehead atoms. The first-order valence-electron chi connectivity index (χ1n) is 8.53. The highest BCUT2D eigenvalue weighted by atomic mass is 16.6. The van der Waals surface area contributed by atoms with Crippen molar-refractivity contribution in [3.8, 4) is 5.75 Å². The number of rotatable bonds is 10. The van der Waals surface area contributed by atoms with Gasteiger partial charge in [0.15, 0.2) is 6.61 Å². The van der Waals surface area contributed by atoms with Crippen molar-refractivity contribution in [3.63, 3.8) is 0 Å². The van der Waals surface area contributed by atoms with Gasteiger partial charge in [0, 0.05) is 13.1 Å². The summed E-state index contributed by atoms with van der Waals surface area (Å²) >= 11 is 0. The Balaban J connectivity index is 2.75. The molecule has 1 rings (SSSR count). The summed E-state index contributed by atoms with van der Waals surface area (Å²) in [6, 6.07) is 3.96. The molecule has 6 nitrogen and oxygen atoms in total. The van der Waals surface area contributed by atoms with Gasteiger partial charge in [0.1, 0.15) is 5.75 Å². The van der Waals surface area contributed by atoms with Crippen LogP contribution in [0, 0.1) is 19.3 Å². The summed E-state index contributed by atoms with van der Waals surface area (Å²) in [6.07, 6.45) is 1.17. The van der Waals surface area contributed by atoms with Gasteiger partial charge in [0.2, 0.25) is 0 Å². The number of ether oxygens (including phenoxy) is 2. The zero-order valence-electron chi connectivity index (χ0n) is 15.8. The fourth-order valence-corrected chi connectivity index (χ4v) is 2.88. The maximum absolute atomic E-state index is 11.5. The van der Waals surface area contributed by atoms with E-state index in [-0.39, 0.29) is 6.61 Å². The molecule has 0 aliphatic carbocycles. The number of carbonyl (C=O) groups is 2. The van der Waals surface area contributed by atoms with E-state index in [1.807, 2.05) is 39.8 Å². The van der Waals surface area contributed by atoms with Crippen LogP contribution in [0.2, 0.25) is 0 Å². The molecule has 25 heavy (non-hydrogen) atoms. The van der Waals surface area contributed by atoms with E-state index in [1.54, 1.807) is 0 Å². The molecule has 0 saturated carbocycles. The van der Waals surface area contributed by atoms with Crippen LogP contribution in [-0.2, 0) is 20.9 Å². The Morgan fingerprint density at radius 3 is 2.16 bits per heavy atom. The molecule has 0 spiro atoms. The molecule has 1 aromatic carbocycles. The molecule has 1 aromatic rings. The molecule has 6 heteroatoms. The van der Waals surface area contributed by atoms with Crippen LogP contribution in [0.25, 0.3) is 0 Å². The number of nitrogens with one attached hydrogen (secondary N) is 1. The van der Waals surface area contributed by atoms with Crippen LogP contribution in [0.5, 0.6) is 5.75 Å². The molecule has 0 aliphatic rings. The lowest BCUT2D eigenvalue weighted by atomic mass is 9.82. The highest BCUT2D eigenvalue weighted by Gasteiger charge is 2.34. The van der Waals surface area contributed by atoms with Gasteiger partial charge in [-0.1, -0.05) is 26.0 Å². The van der Waals surface area contributed by atoms with Gasteiger partial charge in [0.05, 0.1) is 12.5 Å². The highest BCUT2D eigenvalue weighted by molar-refractivity contribution is 5.74. The van der Waals surface area contributed by atoms with E-state index in [2.05, 4.69) is 10.1 Å². The normalized spacial score (nSPS) is 11.2. The number of aliphatic carboxylic acids is 1. The van der Waals surface area contributed by atoms with Crippen LogP contribution in [0.3, 0.4) is 0 Å². The van der Waals surface area contributed by atoms with Gasteiger partial charge in [-0.3, -0.25) is 4.79 Å². The summed E-state index contributed by atoms with van der Waals surface area (Å²) in [4.78, 5) is 22.8. The monoisotopic (exact) mass is 351 g/mol. The average Bonchev–Trinajstić information content (AvgIpc) is 2.57. The molecule has 0 amide bonds. The zero-order chi connectivity index (χ0) is 19.0. The van der Waals surface area contributed by atoms with Crippen molar-refractivity contribution in [2.24, 2.45) is 5.41 Å². The Kier molecular flexibility index (Phi) is 7.90. The molecule has 0 aliphatic heterocycles. The van der Waals surface area contributed by atoms with E-state index in [0.29, 0.717) is 31.7 Å². The maximum Gasteiger partial charge on any atom is 0.343 e. The number of methoxy groups -OCH3 is 1. The summed E-state index contributed by atoms with van der Waals surface area (Å²) < 4.78 is 10.1. The van der Waals surface area contributed by atoms with E-state index in [1.165, 1.54) is 7.11 Å². The van der Waals surface area contributed by atoms with Crippen molar-refractivity contribution in [1.29, 1.82) is 0 Å². The molecule has 0 radical (unpaired) electrons. The van der Waals surface area contributed by atoms with Crippen molar-refractivity contribution in [1.82, 2.24) is 5.32 Å². The number of hydrogen-bond donors (Lipinski definition) is 2. The fraction of sp³-hybridized carbons (Fsp3) is 0.579. The highest BCUT2D eigenvalue weighted by Crippen LogP contribution is 2.27. The number of carboxylic acid groups (broad SMARTS) is 1. The number of aryl methyl sites for hydroxylation is 2. The second-order valence-corrected chi connectivity index (χ2v) is 6.32. The minimum absolute atomic E-state index is 0.121. The molecule has 140 valence electrons. The Morgan fingerprint density at radius 2 is 1.72 bits per heavy atom. The summed E-state index contributed by atoms with van der Waals surface area (Å²) in [6.45, 7) is 8.53. The lowest BCUT2D eigenvalue weighted by molar-refractivity contribution is -0.149. The number of carboxylic acids is 1. The molecular formula is C19H29NO5. The number of benzene rings is 1. The minimum Gasteiger partial charge on any atom is -0.481 e.